The third kappa shape index (κ3) is 4.93. The van der Waals surface area contributed by atoms with E-state index in [1.54, 1.807) is 24.3 Å². The van der Waals surface area contributed by atoms with Gasteiger partial charge in [-0.15, -0.1) is 0 Å². The van der Waals surface area contributed by atoms with E-state index < -0.39 is 11.9 Å². The molecule has 0 fully saturated rings. The number of carbonyl (C=O) groups excluding carboxylic acids is 2. The molecule has 1 amide bonds. The first-order chi connectivity index (χ1) is 11.1. The van der Waals surface area contributed by atoms with Gasteiger partial charge in [-0.3, -0.25) is 4.79 Å². The van der Waals surface area contributed by atoms with Crippen molar-refractivity contribution in [2.45, 2.75) is 20.0 Å². The number of nitrogens with one attached hydrogen (secondary N) is 1. The Balaban J connectivity index is 1.83. The largest absolute Gasteiger partial charge is 0.452 e. The van der Waals surface area contributed by atoms with Gasteiger partial charge in [0.05, 0.1) is 12.2 Å². The SMILES string of the molecule is CCc1ccc(NC(=O)COC(=O)c2ccc(CO)cc2)cc1. The molecule has 5 nitrogen and oxygen atoms in total. The summed E-state index contributed by atoms with van der Waals surface area (Å²) in [6.07, 6.45) is 0.931. The van der Waals surface area contributed by atoms with E-state index in [1.165, 1.54) is 5.56 Å². The van der Waals surface area contributed by atoms with Gasteiger partial charge in [0.15, 0.2) is 6.61 Å². The molecule has 0 aliphatic heterocycles. The first-order valence-electron chi connectivity index (χ1n) is 7.38. The average Bonchev–Trinajstić information content (AvgIpc) is 2.60. The van der Waals surface area contributed by atoms with Crippen LogP contribution < -0.4 is 5.32 Å². The summed E-state index contributed by atoms with van der Waals surface area (Å²) in [5.74, 6) is -0.972. The number of ether oxygens (including phenoxy) is 1. The molecule has 0 radical (unpaired) electrons. The Kier molecular flexibility index (Phi) is 5.88. The number of aliphatic hydroxyl groups is 1. The minimum atomic E-state index is -0.578. The number of hydrogen-bond acceptors (Lipinski definition) is 4. The Morgan fingerprint density at radius 1 is 1.00 bits per heavy atom. The average molecular weight is 313 g/mol. The Morgan fingerprint density at radius 2 is 1.61 bits per heavy atom. The first kappa shape index (κ1) is 16.7. The molecule has 0 bridgehead atoms. The number of anilines is 1. The van der Waals surface area contributed by atoms with E-state index in [2.05, 4.69) is 12.2 Å². The third-order valence-corrected chi connectivity index (χ3v) is 3.35. The van der Waals surface area contributed by atoms with Crippen LogP contribution in [0, 0.1) is 0 Å². The highest BCUT2D eigenvalue weighted by molar-refractivity contribution is 5.95. The van der Waals surface area contributed by atoms with Gasteiger partial charge in [-0.05, 0) is 41.8 Å². The summed E-state index contributed by atoms with van der Waals surface area (Å²) >= 11 is 0. The van der Waals surface area contributed by atoms with Crippen molar-refractivity contribution >= 4 is 17.6 Å². The second-order valence-corrected chi connectivity index (χ2v) is 5.03. The summed E-state index contributed by atoms with van der Waals surface area (Å²) in [5, 5.41) is 11.6. The van der Waals surface area contributed by atoms with E-state index in [0.29, 0.717) is 16.8 Å². The summed E-state index contributed by atoms with van der Waals surface area (Å²) in [6.45, 7) is 1.62. The Bertz CT molecular complexity index is 662. The number of hydrogen-bond donors (Lipinski definition) is 2. The summed E-state index contributed by atoms with van der Waals surface area (Å²) in [4.78, 5) is 23.6. The molecular formula is C18H19NO4. The molecule has 0 aromatic heterocycles. The van der Waals surface area contributed by atoms with Crippen molar-refractivity contribution in [2.75, 3.05) is 11.9 Å². The lowest BCUT2D eigenvalue weighted by molar-refractivity contribution is -0.119. The van der Waals surface area contributed by atoms with Crippen LogP contribution in [0.5, 0.6) is 0 Å². The van der Waals surface area contributed by atoms with Crippen molar-refractivity contribution in [2.24, 2.45) is 0 Å². The molecule has 0 heterocycles. The standard InChI is InChI=1S/C18H19NO4/c1-2-13-5-9-16(10-6-13)19-17(21)12-23-18(22)15-7-3-14(11-20)4-8-15/h3-10,20H,2,11-12H2,1H3,(H,19,21). The predicted molar refractivity (Wildman–Crippen MR) is 87.1 cm³/mol. The molecule has 2 aromatic carbocycles. The van der Waals surface area contributed by atoms with Crippen LogP contribution in [0.15, 0.2) is 48.5 Å². The molecule has 2 N–H and O–H groups in total. The van der Waals surface area contributed by atoms with E-state index in [0.717, 1.165) is 6.42 Å². The van der Waals surface area contributed by atoms with E-state index in [4.69, 9.17) is 9.84 Å². The van der Waals surface area contributed by atoms with Gasteiger partial charge in [0.1, 0.15) is 0 Å². The van der Waals surface area contributed by atoms with Crippen LogP contribution in [0.1, 0.15) is 28.4 Å². The molecule has 0 aliphatic carbocycles. The van der Waals surface area contributed by atoms with Crippen molar-refractivity contribution < 1.29 is 19.4 Å². The molecule has 2 aromatic rings. The van der Waals surface area contributed by atoms with E-state index >= 15 is 0 Å². The zero-order valence-electron chi connectivity index (χ0n) is 12.9. The number of carbonyl (C=O) groups is 2. The van der Waals surface area contributed by atoms with Crippen molar-refractivity contribution in [1.29, 1.82) is 0 Å². The predicted octanol–water partition coefficient (Wildman–Crippen LogP) is 2.54. The van der Waals surface area contributed by atoms with Gasteiger partial charge in [0.25, 0.3) is 5.91 Å². The molecule has 0 atom stereocenters. The maximum Gasteiger partial charge on any atom is 0.338 e. The van der Waals surface area contributed by atoms with Gasteiger partial charge in [-0.1, -0.05) is 31.2 Å². The van der Waals surface area contributed by atoms with Gasteiger partial charge in [-0.2, -0.15) is 0 Å². The monoisotopic (exact) mass is 313 g/mol. The normalized spacial score (nSPS) is 10.2. The topological polar surface area (TPSA) is 75.6 Å². The molecule has 2 rings (SSSR count). The second kappa shape index (κ2) is 8.10. The first-order valence-corrected chi connectivity index (χ1v) is 7.38. The van der Waals surface area contributed by atoms with Crippen LogP contribution >= 0.6 is 0 Å². The maximum atomic E-state index is 11.8. The summed E-state index contributed by atoms with van der Waals surface area (Å²) in [6, 6.07) is 13.9. The highest BCUT2D eigenvalue weighted by Gasteiger charge is 2.10. The van der Waals surface area contributed by atoms with E-state index in [1.807, 2.05) is 24.3 Å². The molecule has 0 saturated heterocycles. The molecule has 23 heavy (non-hydrogen) atoms. The number of rotatable bonds is 6. The number of aryl methyl sites for hydroxylation is 1. The fourth-order valence-electron chi connectivity index (χ4n) is 1.98. The quantitative estimate of drug-likeness (QED) is 0.804. The number of benzene rings is 2. The van der Waals surface area contributed by atoms with Crippen LogP contribution in [0.2, 0.25) is 0 Å². The number of esters is 1. The number of aliphatic hydroxyl groups excluding tert-OH is 1. The number of amides is 1. The van der Waals surface area contributed by atoms with Gasteiger partial charge < -0.3 is 15.2 Å². The van der Waals surface area contributed by atoms with Crippen LogP contribution in [0.25, 0.3) is 0 Å². The van der Waals surface area contributed by atoms with Gasteiger partial charge in [0, 0.05) is 5.69 Å². The molecular weight excluding hydrogens is 294 g/mol. The molecule has 0 spiro atoms. The molecule has 5 heteroatoms. The van der Waals surface area contributed by atoms with Gasteiger partial charge >= 0.3 is 5.97 Å². The van der Waals surface area contributed by atoms with Crippen molar-refractivity contribution in [3.63, 3.8) is 0 Å². The van der Waals surface area contributed by atoms with Crippen molar-refractivity contribution in [3.8, 4) is 0 Å². The van der Waals surface area contributed by atoms with Crippen molar-refractivity contribution in [1.82, 2.24) is 0 Å². The maximum absolute atomic E-state index is 11.8. The lowest BCUT2D eigenvalue weighted by atomic mass is 10.1. The Morgan fingerprint density at radius 3 is 2.17 bits per heavy atom. The highest BCUT2D eigenvalue weighted by Crippen LogP contribution is 2.10. The lowest BCUT2D eigenvalue weighted by Crippen LogP contribution is -2.20. The van der Waals surface area contributed by atoms with E-state index in [-0.39, 0.29) is 13.2 Å². The molecule has 0 aliphatic rings. The Labute approximate surface area is 134 Å². The second-order valence-electron chi connectivity index (χ2n) is 5.03. The minimum absolute atomic E-state index is 0.0887. The van der Waals surface area contributed by atoms with Gasteiger partial charge in [0.2, 0.25) is 0 Å². The molecule has 0 saturated carbocycles. The molecule has 120 valence electrons. The molecule has 0 unspecified atom stereocenters. The van der Waals surface area contributed by atoms with Crippen LogP contribution in [0.3, 0.4) is 0 Å². The van der Waals surface area contributed by atoms with Crippen LogP contribution in [-0.4, -0.2) is 23.6 Å². The van der Waals surface area contributed by atoms with E-state index in [9.17, 15) is 9.59 Å². The van der Waals surface area contributed by atoms with Crippen LogP contribution in [-0.2, 0) is 22.6 Å². The zero-order chi connectivity index (χ0) is 16.7. The third-order valence-electron chi connectivity index (χ3n) is 3.35. The zero-order valence-corrected chi connectivity index (χ0v) is 12.9. The van der Waals surface area contributed by atoms with Gasteiger partial charge in [-0.25, -0.2) is 4.79 Å². The summed E-state index contributed by atoms with van der Waals surface area (Å²) < 4.78 is 4.97. The van der Waals surface area contributed by atoms with Crippen molar-refractivity contribution in [3.05, 3.63) is 65.2 Å². The fourth-order valence-corrected chi connectivity index (χ4v) is 1.98. The summed E-state index contributed by atoms with van der Waals surface area (Å²) in [5.41, 5.74) is 2.88. The highest BCUT2D eigenvalue weighted by atomic mass is 16.5. The minimum Gasteiger partial charge on any atom is -0.452 e. The lowest BCUT2D eigenvalue weighted by Gasteiger charge is -2.07. The Hall–Kier alpha value is -2.66. The van der Waals surface area contributed by atoms with Crippen LogP contribution in [0.4, 0.5) is 5.69 Å². The smallest absolute Gasteiger partial charge is 0.338 e. The summed E-state index contributed by atoms with van der Waals surface area (Å²) in [7, 11) is 0. The fraction of sp³-hybridized carbons (Fsp3) is 0.222.